The van der Waals surface area contributed by atoms with Crippen molar-refractivity contribution in [3.05, 3.63) is 78.1 Å². The lowest BCUT2D eigenvalue weighted by Gasteiger charge is -2.20. The van der Waals surface area contributed by atoms with Crippen LogP contribution in [0.25, 0.3) is 16.9 Å². The predicted molar refractivity (Wildman–Crippen MR) is 150 cm³/mol. The van der Waals surface area contributed by atoms with Crippen LogP contribution in [0.5, 0.6) is 11.5 Å². The zero-order valence-electron chi connectivity index (χ0n) is 22.5. The summed E-state index contributed by atoms with van der Waals surface area (Å²) in [6.45, 7) is 1.68. The van der Waals surface area contributed by atoms with Crippen LogP contribution >= 0.6 is 0 Å². The van der Waals surface area contributed by atoms with Crippen molar-refractivity contribution in [3.8, 4) is 22.8 Å². The number of ether oxygens (including phenoxy) is 1. The molecule has 2 aromatic carbocycles. The van der Waals surface area contributed by atoms with Gasteiger partial charge in [0.25, 0.3) is 5.91 Å². The molecule has 1 aliphatic carbocycles. The minimum atomic E-state index is -0.245. The molecule has 10 heteroatoms. The Balaban J connectivity index is 1.11. The van der Waals surface area contributed by atoms with Crippen LogP contribution in [-0.4, -0.2) is 67.3 Å². The van der Waals surface area contributed by atoms with Gasteiger partial charge >= 0.3 is 0 Å². The molecule has 1 saturated carbocycles. The van der Waals surface area contributed by atoms with Gasteiger partial charge in [-0.3, -0.25) is 14.4 Å². The van der Waals surface area contributed by atoms with Gasteiger partial charge < -0.3 is 19.9 Å². The number of rotatable bonds is 8. The van der Waals surface area contributed by atoms with E-state index in [1.165, 1.54) is 0 Å². The minimum absolute atomic E-state index is 0.107. The first-order chi connectivity index (χ1) is 20.0. The Morgan fingerprint density at radius 1 is 1.05 bits per heavy atom. The normalized spacial score (nSPS) is 18.9. The summed E-state index contributed by atoms with van der Waals surface area (Å²) < 4.78 is 8.05. The van der Waals surface area contributed by atoms with E-state index < -0.39 is 0 Å². The summed E-state index contributed by atoms with van der Waals surface area (Å²) in [6, 6.07) is 16.8. The third-order valence-corrected chi connectivity index (χ3v) is 7.96. The first-order valence-electron chi connectivity index (χ1n) is 14.1. The molecule has 1 atom stereocenters. The maximum absolute atomic E-state index is 13.2. The molecule has 1 unspecified atom stereocenters. The van der Waals surface area contributed by atoms with Crippen molar-refractivity contribution >= 4 is 23.4 Å². The monoisotopic (exact) mass is 550 g/mol. The predicted octanol–water partition coefficient (Wildman–Crippen LogP) is 3.80. The molecule has 2 aliphatic heterocycles. The van der Waals surface area contributed by atoms with E-state index in [9.17, 15) is 14.4 Å². The van der Waals surface area contributed by atoms with Gasteiger partial charge in [0.15, 0.2) is 5.65 Å². The Morgan fingerprint density at radius 2 is 1.90 bits per heavy atom. The minimum Gasteiger partial charge on any atom is -0.457 e. The van der Waals surface area contributed by atoms with E-state index in [1.54, 1.807) is 22.8 Å². The molecule has 2 aromatic heterocycles. The molecule has 2 saturated heterocycles. The van der Waals surface area contributed by atoms with Crippen molar-refractivity contribution in [2.75, 3.05) is 13.1 Å². The number of hydrogen-bond acceptors (Lipinski definition) is 6. The third-order valence-electron chi connectivity index (χ3n) is 7.96. The number of likely N-dealkylation sites (tertiary alicyclic amines) is 2. The lowest BCUT2D eigenvalue weighted by Crippen LogP contribution is -2.37. The van der Waals surface area contributed by atoms with Crippen LogP contribution in [0.3, 0.4) is 0 Å². The average molecular weight is 551 g/mol. The van der Waals surface area contributed by atoms with Crippen molar-refractivity contribution < 1.29 is 19.1 Å². The first-order valence-corrected chi connectivity index (χ1v) is 14.1. The maximum Gasteiger partial charge on any atom is 0.251 e. The number of benzene rings is 2. The molecule has 10 nitrogen and oxygen atoms in total. The van der Waals surface area contributed by atoms with Crippen LogP contribution in [-0.2, 0) is 16.1 Å². The van der Waals surface area contributed by atoms with Gasteiger partial charge in [-0.1, -0.05) is 6.07 Å². The van der Waals surface area contributed by atoms with Crippen LogP contribution in [0.1, 0.15) is 48.0 Å². The number of hydrogen-bond donors (Lipinski definition) is 1. The van der Waals surface area contributed by atoms with E-state index >= 15 is 0 Å². The molecule has 7 rings (SSSR count). The van der Waals surface area contributed by atoms with Gasteiger partial charge in [0, 0.05) is 61.4 Å². The number of fused-ring (bicyclic) bond motifs is 1. The molecule has 4 heterocycles. The van der Waals surface area contributed by atoms with Crippen LogP contribution < -0.4 is 10.1 Å². The molecule has 208 valence electrons. The summed E-state index contributed by atoms with van der Waals surface area (Å²) in [6.07, 6.45) is 7.40. The number of nitrogens with zero attached hydrogens (tertiary/aromatic N) is 5. The van der Waals surface area contributed by atoms with Crippen LogP contribution in [0, 0.1) is 0 Å². The summed E-state index contributed by atoms with van der Waals surface area (Å²) >= 11 is 0. The molecule has 3 aliphatic rings. The zero-order chi connectivity index (χ0) is 27.9. The van der Waals surface area contributed by atoms with Gasteiger partial charge in [-0.2, -0.15) is 5.10 Å². The van der Waals surface area contributed by atoms with Crippen LogP contribution in [0.2, 0.25) is 0 Å². The zero-order valence-corrected chi connectivity index (χ0v) is 22.5. The summed E-state index contributed by atoms with van der Waals surface area (Å²) in [5, 5.41) is 7.31. The standard InChI is InChI=1S/C31H30N6O4/c38-29-4-2-14-35(29)17-22-6-5-21(31(40)33-23-16-30(39)36(18-23)24-9-10-24)15-27(22)41-25-11-7-20(8-12-25)26-19-37-28(34-26)3-1-13-32-37/h1,3,5-8,11-13,15,19,23-24H,2,4,9-10,14,16-18H2,(H,33,40). The molecule has 0 spiro atoms. The van der Waals surface area contributed by atoms with Crippen molar-refractivity contribution in [3.63, 3.8) is 0 Å². The Hall–Kier alpha value is -4.73. The number of aromatic nitrogens is 3. The second kappa shape index (κ2) is 10.3. The molecular formula is C31H30N6O4. The SMILES string of the molecule is O=C(NC1CC(=O)N(C2CC2)C1)c1ccc(CN2CCCC2=O)c(Oc2ccc(-c3cn4ncccc4n3)cc2)c1. The Labute approximate surface area is 236 Å². The average Bonchev–Trinajstić information content (AvgIpc) is 3.42. The van der Waals surface area contributed by atoms with Crippen molar-refractivity contribution in [2.24, 2.45) is 0 Å². The van der Waals surface area contributed by atoms with E-state index in [-0.39, 0.29) is 23.8 Å². The van der Waals surface area contributed by atoms with Gasteiger partial charge in [-0.25, -0.2) is 9.50 Å². The highest BCUT2D eigenvalue weighted by Crippen LogP contribution is 2.32. The lowest BCUT2D eigenvalue weighted by atomic mass is 10.1. The topological polar surface area (TPSA) is 109 Å². The highest BCUT2D eigenvalue weighted by molar-refractivity contribution is 5.95. The second-order valence-corrected chi connectivity index (χ2v) is 11.0. The van der Waals surface area contributed by atoms with Gasteiger partial charge in [-0.05, 0) is 67.8 Å². The molecule has 41 heavy (non-hydrogen) atoms. The molecule has 1 N–H and O–H groups in total. The van der Waals surface area contributed by atoms with E-state index in [0.717, 1.165) is 41.7 Å². The molecular weight excluding hydrogens is 520 g/mol. The van der Waals surface area contributed by atoms with E-state index in [2.05, 4.69) is 15.4 Å². The molecule has 0 radical (unpaired) electrons. The number of carbonyl (C=O) groups is 3. The smallest absolute Gasteiger partial charge is 0.251 e. The van der Waals surface area contributed by atoms with Crippen LogP contribution in [0.4, 0.5) is 0 Å². The molecule has 3 fully saturated rings. The van der Waals surface area contributed by atoms with Crippen molar-refractivity contribution in [1.29, 1.82) is 0 Å². The summed E-state index contributed by atoms with van der Waals surface area (Å²) in [5.41, 5.74) is 3.75. The quantitative estimate of drug-likeness (QED) is 0.358. The van der Waals surface area contributed by atoms with Gasteiger partial charge in [-0.15, -0.1) is 0 Å². The highest BCUT2D eigenvalue weighted by atomic mass is 16.5. The molecule has 4 aromatic rings. The summed E-state index contributed by atoms with van der Waals surface area (Å²) in [7, 11) is 0. The van der Waals surface area contributed by atoms with E-state index in [0.29, 0.717) is 55.6 Å². The van der Waals surface area contributed by atoms with Crippen molar-refractivity contribution in [1.82, 2.24) is 29.7 Å². The van der Waals surface area contributed by atoms with Crippen molar-refractivity contribution in [2.45, 2.75) is 50.7 Å². The number of imidazole rings is 1. The summed E-state index contributed by atoms with van der Waals surface area (Å²) in [5.74, 6) is 1.10. The third kappa shape index (κ3) is 5.25. The fourth-order valence-electron chi connectivity index (χ4n) is 5.63. The number of carbonyl (C=O) groups excluding carboxylic acids is 3. The lowest BCUT2D eigenvalue weighted by molar-refractivity contribution is -0.129. The van der Waals surface area contributed by atoms with Crippen LogP contribution in [0.15, 0.2) is 67.0 Å². The largest absolute Gasteiger partial charge is 0.457 e. The van der Waals surface area contributed by atoms with E-state index in [1.807, 2.05) is 58.5 Å². The summed E-state index contributed by atoms with van der Waals surface area (Å²) in [4.78, 5) is 46.2. The fourth-order valence-corrected chi connectivity index (χ4v) is 5.63. The Kier molecular flexibility index (Phi) is 6.37. The van der Waals surface area contributed by atoms with Gasteiger partial charge in [0.1, 0.15) is 11.5 Å². The molecule has 0 bridgehead atoms. The second-order valence-electron chi connectivity index (χ2n) is 11.0. The maximum atomic E-state index is 13.2. The first kappa shape index (κ1) is 25.3. The Morgan fingerprint density at radius 3 is 2.66 bits per heavy atom. The Bertz CT molecular complexity index is 1610. The highest BCUT2D eigenvalue weighted by Gasteiger charge is 2.39. The number of nitrogens with one attached hydrogen (secondary N) is 1. The fraction of sp³-hybridized carbons (Fsp3) is 0.323. The molecule has 3 amide bonds. The van der Waals surface area contributed by atoms with E-state index in [4.69, 9.17) is 4.74 Å². The van der Waals surface area contributed by atoms with Gasteiger partial charge in [0.05, 0.1) is 17.9 Å². The number of amides is 3. The van der Waals surface area contributed by atoms with Gasteiger partial charge in [0.2, 0.25) is 11.8 Å².